The third-order valence-corrected chi connectivity index (χ3v) is 3.70. The third-order valence-electron chi connectivity index (χ3n) is 3.70. The fraction of sp³-hybridized carbons (Fsp3) is 0.467. The van der Waals surface area contributed by atoms with Gasteiger partial charge in [0.25, 0.3) is 0 Å². The van der Waals surface area contributed by atoms with Crippen molar-refractivity contribution < 1.29 is 18.8 Å². The zero-order valence-electron chi connectivity index (χ0n) is 12.1. The summed E-state index contributed by atoms with van der Waals surface area (Å²) in [6.45, 7) is 1.15. The molecular weight excluding hydrogens is 286 g/mol. The quantitative estimate of drug-likeness (QED) is 0.832. The van der Waals surface area contributed by atoms with Crippen molar-refractivity contribution in [2.24, 2.45) is 0 Å². The van der Waals surface area contributed by atoms with Crippen molar-refractivity contribution in [3.8, 4) is 0 Å². The van der Waals surface area contributed by atoms with Gasteiger partial charge in [0.2, 0.25) is 11.8 Å². The Morgan fingerprint density at radius 2 is 2.23 bits per heavy atom. The minimum atomic E-state index is -0.179. The molecule has 1 aliphatic heterocycles. The number of amides is 2. The number of likely N-dealkylation sites (tertiary alicyclic amines) is 1. The molecule has 1 saturated heterocycles. The van der Waals surface area contributed by atoms with Gasteiger partial charge in [0.05, 0.1) is 13.0 Å². The Labute approximate surface area is 127 Å². The summed E-state index contributed by atoms with van der Waals surface area (Å²) >= 11 is 0. The number of oxazole rings is 1. The summed E-state index contributed by atoms with van der Waals surface area (Å²) in [5, 5.41) is 2.75. The van der Waals surface area contributed by atoms with Gasteiger partial charge < -0.3 is 14.6 Å². The number of hydrogen-bond donors (Lipinski definition) is 1. The van der Waals surface area contributed by atoms with Crippen LogP contribution in [0.1, 0.15) is 30.2 Å². The Bertz CT molecular complexity index is 647. The molecule has 2 amide bonds. The summed E-state index contributed by atoms with van der Waals surface area (Å²) in [7, 11) is 0. The maximum atomic E-state index is 11.8. The van der Waals surface area contributed by atoms with Gasteiger partial charge in [-0.3, -0.25) is 14.4 Å². The fourth-order valence-corrected chi connectivity index (χ4v) is 2.58. The second-order valence-electron chi connectivity index (χ2n) is 5.41. The monoisotopic (exact) mass is 303 g/mol. The lowest BCUT2D eigenvalue weighted by Crippen LogP contribution is -2.38. The van der Waals surface area contributed by atoms with Gasteiger partial charge in [-0.05, 0) is 18.6 Å². The van der Waals surface area contributed by atoms with Crippen LogP contribution in [-0.2, 0) is 27.2 Å². The standard InChI is InChI=1S/C15H17N3O4/c19-10-3-4-11-12(8-10)22-14(17-11)5-6-16-13(20)9-18-7-1-2-15(18)21/h3-4H,1-2,5-9H2,(H,16,20). The molecule has 1 aliphatic carbocycles. The number of carbonyl (C=O) groups excluding carboxylic acids is 3. The van der Waals surface area contributed by atoms with Crippen LogP contribution >= 0.6 is 0 Å². The average Bonchev–Trinajstić information content (AvgIpc) is 3.05. The SMILES string of the molecule is O=C1C=Cc2nc(CCNC(=O)CN3CCCC3=O)oc2C1. The molecule has 1 N–H and O–H groups in total. The van der Waals surface area contributed by atoms with Gasteiger partial charge in [0.15, 0.2) is 11.7 Å². The molecule has 0 saturated carbocycles. The number of carbonyl (C=O) groups is 3. The summed E-state index contributed by atoms with van der Waals surface area (Å²) in [5.41, 5.74) is 0.684. The minimum Gasteiger partial charge on any atom is -0.445 e. The van der Waals surface area contributed by atoms with Crippen LogP contribution in [0.2, 0.25) is 0 Å². The Balaban J connectivity index is 1.45. The largest absolute Gasteiger partial charge is 0.445 e. The van der Waals surface area contributed by atoms with E-state index in [1.165, 1.54) is 6.08 Å². The molecule has 0 radical (unpaired) electrons. The van der Waals surface area contributed by atoms with Crippen molar-refractivity contribution in [1.29, 1.82) is 0 Å². The van der Waals surface area contributed by atoms with Gasteiger partial charge in [0, 0.05) is 25.9 Å². The van der Waals surface area contributed by atoms with Crippen LogP contribution in [0.25, 0.3) is 6.08 Å². The number of aromatic nitrogens is 1. The van der Waals surface area contributed by atoms with Crippen molar-refractivity contribution in [2.45, 2.75) is 25.7 Å². The number of rotatable bonds is 5. The average molecular weight is 303 g/mol. The maximum Gasteiger partial charge on any atom is 0.239 e. The van der Waals surface area contributed by atoms with Crippen LogP contribution in [0.3, 0.4) is 0 Å². The lowest BCUT2D eigenvalue weighted by molar-refractivity contribution is -0.133. The number of ketones is 1. The molecule has 0 aromatic carbocycles. The van der Waals surface area contributed by atoms with E-state index < -0.39 is 0 Å². The first-order valence-corrected chi connectivity index (χ1v) is 7.36. The van der Waals surface area contributed by atoms with Crippen molar-refractivity contribution in [1.82, 2.24) is 15.2 Å². The van der Waals surface area contributed by atoms with E-state index in [0.717, 1.165) is 6.42 Å². The summed E-state index contributed by atoms with van der Waals surface area (Å²) in [5.74, 6) is 0.936. The molecule has 7 nitrogen and oxygen atoms in total. The number of allylic oxidation sites excluding steroid dienone is 1. The highest BCUT2D eigenvalue weighted by molar-refractivity contribution is 5.97. The zero-order valence-corrected chi connectivity index (χ0v) is 12.1. The van der Waals surface area contributed by atoms with Crippen LogP contribution in [0.5, 0.6) is 0 Å². The van der Waals surface area contributed by atoms with Crippen LogP contribution < -0.4 is 5.32 Å². The topological polar surface area (TPSA) is 92.5 Å². The molecule has 0 spiro atoms. The minimum absolute atomic E-state index is 0.00113. The smallest absolute Gasteiger partial charge is 0.239 e. The van der Waals surface area contributed by atoms with Crippen LogP contribution in [0, 0.1) is 0 Å². The molecular formula is C15H17N3O4. The zero-order chi connectivity index (χ0) is 15.5. The number of nitrogens with zero attached hydrogens (tertiary/aromatic N) is 2. The molecule has 2 aliphatic rings. The number of nitrogens with one attached hydrogen (secondary N) is 1. The van der Waals surface area contributed by atoms with E-state index in [-0.39, 0.29) is 30.6 Å². The summed E-state index contributed by atoms with van der Waals surface area (Å²) in [4.78, 5) is 40.3. The van der Waals surface area contributed by atoms with Gasteiger partial charge in [-0.25, -0.2) is 4.98 Å². The normalized spacial score (nSPS) is 17.0. The van der Waals surface area contributed by atoms with Crippen LogP contribution in [0.4, 0.5) is 0 Å². The van der Waals surface area contributed by atoms with Crippen molar-refractivity contribution in [3.05, 3.63) is 23.4 Å². The van der Waals surface area contributed by atoms with Crippen molar-refractivity contribution in [3.63, 3.8) is 0 Å². The number of hydrogen-bond acceptors (Lipinski definition) is 5. The second kappa shape index (κ2) is 6.13. The third kappa shape index (κ3) is 3.24. The lowest BCUT2D eigenvalue weighted by atomic mass is 10.1. The first-order valence-electron chi connectivity index (χ1n) is 7.36. The van der Waals surface area contributed by atoms with E-state index in [9.17, 15) is 14.4 Å². The molecule has 22 heavy (non-hydrogen) atoms. The highest BCUT2D eigenvalue weighted by atomic mass is 16.4. The molecule has 3 rings (SSSR count). The summed E-state index contributed by atoms with van der Waals surface area (Å²) in [6.07, 6.45) is 5.17. The molecule has 0 unspecified atom stereocenters. The maximum absolute atomic E-state index is 11.8. The molecule has 1 aromatic heterocycles. The first kappa shape index (κ1) is 14.5. The molecule has 116 valence electrons. The fourth-order valence-electron chi connectivity index (χ4n) is 2.58. The predicted octanol–water partition coefficient (Wildman–Crippen LogP) is 0.0941. The predicted molar refractivity (Wildman–Crippen MR) is 76.8 cm³/mol. The lowest BCUT2D eigenvalue weighted by Gasteiger charge is -2.14. The van der Waals surface area contributed by atoms with E-state index in [1.54, 1.807) is 11.0 Å². The molecule has 1 aromatic rings. The highest BCUT2D eigenvalue weighted by Crippen LogP contribution is 2.18. The summed E-state index contributed by atoms with van der Waals surface area (Å²) in [6, 6.07) is 0. The molecule has 0 bridgehead atoms. The summed E-state index contributed by atoms with van der Waals surface area (Å²) < 4.78 is 5.51. The second-order valence-corrected chi connectivity index (χ2v) is 5.41. The Hall–Kier alpha value is -2.44. The van der Waals surface area contributed by atoms with Crippen molar-refractivity contribution >= 4 is 23.7 Å². The van der Waals surface area contributed by atoms with E-state index in [4.69, 9.17) is 4.42 Å². The molecule has 7 heteroatoms. The molecule has 1 fully saturated rings. The number of fused-ring (bicyclic) bond motifs is 1. The van der Waals surface area contributed by atoms with Gasteiger partial charge in [-0.15, -0.1) is 0 Å². The Morgan fingerprint density at radius 1 is 1.36 bits per heavy atom. The Morgan fingerprint density at radius 3 is 3.00 bits per heavy atom. The highest BCUT2D eigenvalue weighted by Gasteiger charge is 2.22. The van der Waals surface area contributed by atoms with E-state index in [2.05, 4.69) is 10.3 Å². The molecule has 0 atom stereocenters. The Kier molecular flexibility index (Phi) is 4.04. The van der Waals surface area contributed by atoms with Gasteiger partial charge in [-0.1, -0.05) is 0 Å². The first-order chi connectivity index (χ1) is 10.6. The van der Waals surface area contributed by atoms with Gasteiger partial charge in [0.1, 0.15) is 11.5 Å². The van der Waals surface area contributed by atoms with Crippen LogP contribution in [-0.4, -0.2) is 47.1 Å². The van der Waals surface area contributed by atoms with E-state index in [1.807, 2.05) is 0 Å². The van der Waals surface area contributed by atoms with E-state index in [0.29, 0.717) is 43.3 Å². The van der Waals surface area contributed by atoms with Gasteiger partial charge in [-0.2, -0.15) is 0 Å². The molecule has 2 heterocycles. The van der Waals surface area contributed by atoms with Crippen molar-refractivity contribution in [2.75, 3.05) is 19.6 Å². The van der Waals surface area contributed by atoms with Crippen LogP contribution in [0.15, 0.2) is 10.5 Å². The van der Waals surface area contributed by atoms with E-state index >= 15 is 0 Å². The van der Waals surface area contributed by atoms with Gasteiger partial charge >= 0.3 is 0 Å².